The third-order valence-corrected chi connectivity index (χ3v) is 6.77. The summed E-state index contributed by atoms with van der Waals surface area (Å²) < 4.78 is 0. The van der Waals surface area contributed by atoms with Crippen molar-refractivity contribution in [3.05, 3.63) is 45.4 Å². The molecule has 25 heavy (non-hydrogen) atoms. The van der Waals surface area contributed by atoms with Gasteiger partial charge in [-0.1, -0.05) is 37.1 Å². The lowest BCUT2D eigenvalue weighted by Crippen LogP contribution is -2.46. The van der Waals surface area contributed by atoms with Crippen molar-refractivity contribution >= 4 is 34.0 Å². The number of carbonyl (C=O) groups is 1. The normalized spacial score (nSPS) is 19.1. The number of halogens is 1. The maximum absolute atomic E-state index is 13.0. The van der Waals surface area contributed by atoms with Crippen LogP contribution in [0.15, 0.2) is 24.3 Å². The molecule has 2 heterocycles. The lowest BCUT2D eigenvalue weighted by Gasteiger charge is -2.40. The van der Waals surface area contributed by atoms with E-state index in [4.69, 9.17) is 11.6 Å². The minimum atomic E-state index is -0.424. The Morgan fingerprint density at radius 1 is 1.36 bits per heavy atom. The molecular weight excluding hydrogens is 354 g/mol. The van der Waals surface area contributed by atoms with Crippen molar-refractivity contribution < 1.29 is 4.79 Å². The average molecular weight is 376 g/mol. The van der Waals surface area contributed by atoms with Crippen LogP contribution in [-0.2, 0) is 23.2 Å². The van der Waals surface area contributed by atoms with Gasteiger partial charge < -0.3 is 5.32 Å². The third-order valence-electron chi connectivity index (χ3n) is 5.52. The van der Waals surface area contributed by atoms with Gasteiger partial charge >= 0.3 is 0 Å². The first-order valence-corrected chi connectivity index (χ1v) is 10.1. The Balaban J connectivity index is 1.53. The smallest absolute Gasteiger partial charge is 0.236 e. The highest BCUT2D eigenvalue weighted by atomic mass is 35.5. The average Bonchev–Trinajstić information content (AvgIpc) is 2.96. The van der Waals surface area contributed by atoms with Crippen LogP contribution in [0, 0.1) is 0 Å². The lowest BCUT2D eigenvalue weighted by atomic mass is 9.64. The second-order valence-corrected chi connectivity index (χ2v) is 8.42. The molecule has 1 aliphatic heterocycles. The van der Waals surface area contributed by atoms with E-state index in [1.807, 2.05) is 24.3 Å². The van der Waals surface area contributed by atoms with Crippen molar-refractivity contribution in [3.8, 4) is 0 Å². The number of benzene rings is 1. The van der Waals surface area contributed by atoms with Gasteiger partial charge in [0, 0.05) is 29.4 Å². The van der Waals surface area contributed by atoms with Crippen LogP contribution in [0.5, 0.6) is 0 Å². The molecule has 4 rings (SSSR count). The molecule has 1 aromatic carbocycles. The second-order valence-electron chi connectivity index (χ2n) is 6.90. The topological polar surface area (TPSA) is 45.2 Å². The lowest BCUT2D eigenvalue weighted by molar-refractivity contribution is -0.124. The number of carbonyl (C=O) groups excluding carboxylic acids is 1. The van der Waals surface area contributed by atoms with E-state index < -0.39 is 5.41 Å². The minimum Gasteiger partial charge on any atom is -0.301 e. The number of likely N-dealkylation sites (N-methyl/N-ethyl adjacent to an activating group) is 1. The van der Waals surface area contributed by atoms with Gasteiger partial charge in [-0.05, 0) is 37.1 Å². The minimum absolute atomic E-state index is 0.0690. The largest absolute Gasteiger partial charge is 0.301 e. The number of aromatic nitrogens is 1. The highest BCUT2D eigenvalue weighted by molar-refractivity contribution is 7.15. The molecule has 1 aromatic heterocycles. The summed E-state index contributed by atoms with van der Waals surface area (Å²) in [5, 5.41) is 4.55. The van der Waals surface area contributed by atoms with Crippen LogP contribution in [-0.4, -0.2) is 28.9 Å². The molecule has 132 valence electrons. The molecule has 0 spiro atoms. The van der Waals surface area contributed by atoms with E-state index in [0.717, 1.165) is 61.7 Å². The number of nitrogens with one attached hydrogen (secondary N) is 1. The SMILES string of the molecule is CCN1CCc2nc(NC(=O)C3(c4ccc(Cl)cc4)CCC3)sc2C1. The Morgan fingerprint density at radius 3 is 2.76 bits per heavy atom. The predicted molar refractivity (Wildman–Crippen MR) is 102 cm³/mol. The number of rotatable bonds is 4. The van der Waals surface area contributed by atoms with Crippen LogP contribution in [0.2, 0.25) is 5.02 Å². The zero-order valence-electron chi connectivity index (χ0n) is 14.3. The van der Waals surface area contributed by atoms with E-state index in [1.165, 1.54) is 4.88 Å². The van der Waals surface area contributed by atoms with Crippen LogP contribution in [0.25, 0.3) is 0 Å². The second kappa shape index (κ2) is 6.71. The van der Waals surface area contributed by atoms with Gasteiger partial charge in [0.1, 0.15) is 0 Å². The molecule has 0 unspecified atom stereocenters. The van der Waals surface area contributed by atoms with Crippen molar-refractivity contribution in [2.45, 2.75) is 44.6 Å². The quantitative estimate of drug-likeness (QED) is 0.869. The van der Waals surface area contributed by atoms with E-state index in [9.17, 15) is 4.79 Å². The number of nitrogens with zero attached hydrogens (tertiary/aromatic N) is 2. The first-order valence-electron chi connectivity index (χ1n) is 8.89. The van der Waals surface area contributed by atoms with Crippen molar-refractivity contribution in [2.75, 3.05) is 18.4 Å². The number of hydrogen-bond donors (Lipinski definition) is 1. The number of thiazole rings is 1. The van der Waals surface area contributed by atoms with Gasteiger partial charge in [0.25, 0.3) is 0 Å². The Bertz CT molecular complexity index is 782. The Hall–Kier alpha value is -1.43. The molecule has 1 amide bonds. The molecule has 1 saturated carbocycles. The van der Waals surface area contributed by atoms with Gasteiger partial charge in [-0.25, -0.2) is 4.98 Å². The van der Waals surface area contributed by atoms with Crippen molar-refractivity contribution in [3.63, 3.8) is 0 Å². The van der Waals surface area contributed by atoms with Crippen LogP contribution in [0.3, 0.4) is 0 Å². The molecule has 1 fully saturated rings. The maximum atomic E-state index is 13.0. The molecule has 0 atom stereocenters. The monoisotopic (exact) mass is 375 g/mol. The van der Waals surface area contributed by atoms with Crippen molar-refractivity contribution in [1.29, 1.82) is 0 Å². The van der Waals surface area contributed by atoms with E-state index in [1.54, 1.807) is 11.3 Å². The predicted octanol–water partition coefficient (Wildman–Crippen LogP) is 4.23. The van der Waals surface area contributed by atoms with Gasteiger partial charge in [0.15, 0.2) is 5.13 Å². The molecule has 2 aliphatic rings. The fraction of sp³-hybridized carbons (Fsp3) is 0.474. The molecule has 0 radical (unpaired) electrons. The molecule has 2 aromatic rings. The standard InChI is InChI=1S/C19H22ClN3OS/c1-2-23-11-8-15-16(12-23)25-18(21-15)22-17(24)19(9-3-10-19)13-4-6-14(20)7-5-13/h4-7H,2-3,8-12H2,1H3,(H,21,22,24). The molecule has 4 nitrogen and oxygen atoms in total. The van der Waals surface area contributed by atoms with Gasteiger partial charge in [0.05, 0.1) is 11.1 Å². The highest BCUT2D eigenvalue weighted by Gasteiger charge is 2.45. The summed E-state index contributed by atoms with van der Waals surface area (Å²) in [6, 6.07) is 7.69. The summed E-state index contributed by atoms with van der Waals surface area (Å²) in [7, 11) is 0. The Kier molecular flexibility index (Phi) is 4.56. The first-order chi connectivity index (χ1) is 12.1. The van der Waals surface area contributed by atoms with Crippen LogP contribution in [0.4, 0.5) is 5.13 Å². The molecule has 1 aliphatic carbocycles. The first kappa shape index (κ1) is 17.0. The van der Waals surface area contributed by atoms with Gasteiger partial charge in [-0.15, -0.1) is 11.3 Å². The van der Waals surface area contributed by atoms with Gasteiger partial charge in [0.2, 0.25) is 5.91 Å². The molecule has 0 saturated heterocycles. The molecule has 0 bridgehead atoms. The number of anilines is 1. The molecule has 6 heteroatoms. The number of amides is 1. The van der Waals surface area contributed by atoms with Crippen LogP contribution < -0.4 is 5.32 Å². The Morgan fingerprint density at radius 2 is 2.12 bits per heavy atom. The number of fused-ring (bicyclic) bond motifs is 1. The zero-order chi connectivity index (χ0) is 17.4. The van der Waals surface area contributed by atoms with Gasteiger partial charge in [-0.3, -0.25) is 9.69 Å². The third kappa shape index (κ3) is 3.09. The molecule has 1 N–H and O–H groups in total. The molecular formula is C19H22ClN3OS. The van der Waals surface area contributed by atoms with Gasteiger partial charge in [-0.2, -0.15) is 0 Å². The summed E-state index contributed by atoms with van der Waals surface area (Å²) in [6.45, 7) is 5.23. The summed E-state index contributed by atoms with van der Waals surface area (Å²) in [4.78, 5) is 21.4. The summed E-state index contributed by atoms with van der Waals surface area (Å²) >= 11 is 7.63. The zero-order valence-corrected chi connectivity index (χ0v) is 15.9. The number of hydrogen-bond acceptors (Lipinski definition) is 4. The highest BCUT2D eigenvalue weighted by Crippen LogP contribution is 2.45. The fourth-order valence-electron chi connectivity index (χ4n) is 3.73. The summed E-state index contributed by atoms with van der Waals surface area (Å²) in [6.07, 6.45) is 3.82. The fourth-order valence-corrected chi connectivity index (χ4v) is 4.91. The van der Waals surface area contributed by atoms with Crippen LogP contribution >= 0.6 is 22.9 Å². The summed E-state index contributed by atoms with van der Waals surface area (Å²) in [5.74, 6) is 0.0690. The van der Waals surface area contributed by atoms with Crippen molar-refractivity contribution in [2.24, 2.45) is 0 Å². The summed E-state index contributed by atoms with van der Waals surface area (Å²) in [5.41, 5.74) is 1.78. The Labute approximate surface area is 157 Å². The maximum Gasteiger partial charge on any atom is 0.236 e. The van der Waals surface area contributed by atoms with E-state index in [2.05, 4.69) is 22.1 Å². The van der Waals surface area contributed by atoms with E-state index in [0.29, 0.717) is 5.02 Å². The van der Waals surface area contributed by atoms with E-state index >= 15 is 0 Å². The van der Waals surface area contributed by atoms with Crippen LogP contribution in [0.1, 0.15) is 42.3 Å². The van der Waals surface area contributed by atoms with E-state index in [-0.39, 0.29) is 5.91 Å². The van der Waals surface area contributed by atoms with Crippen molar-refractivity contribution in [1.82, 2.24) is 9.88 Å².